The number of aryl methyl sites for hydroxylation is 2. The van der Waals surface area contributed by atoms with Gasteiger partial charge in [-0.05, 0) is 60.8 Å². The molecule has 1 N–H and O–H groups in total. The highest BCUT2D eigenvalue weighted by Gasteiger charge is 2.24. The van der Waals surface area contributed by atoms with E-state index in [4.69, 9.17) is 6.92 Å². The molecule has 0 amide bonds. The van der Waals surface area contributed by atoms with Crippen LogP contribution in [0, 0.1) is 6.92 Å². The van der Waals surface area contributed by atoms with Crippen LogP contribution in [0.25, 0.3) is 0 Å². The number of hydrogen-bond donors (Lipinski definition) is 1. The van der Waals surface area contributed by atoms with E-state index in [0.29, 0.717) is 0 Å². The van der Waals surface area contributed by atoms with Crippen LogP contribution >= 0.6 is 0 Å². The molecular formula is C29H40O2. The van der Waals surface area contributed by atoms with Crippen molar-refractivity contribution >= 4 is 5.97 Å². The number of carbonyl (C=O) groups is 1. The van der Waals surface area contributed by atoms with Crippen LogP contribution < -0.4 is 0 Å². The van der Waals surface area contributed by atoms with Gasteiger partial charge in [0.1, 0.15) is 0 Å². The molecule has 2 unspecified atom stereocenters. The number of aliphatic carboxylic acids is 1. The number of rotatable bonds is 15. The van der Waals surface area contributed by atoms with Crippen molar-refractivity contribution in [1.82, 2.24) is 0 Å². The van der Waals surface area contributed by atoms with Gasteiger partial charge in [0.2, 0.25) is 0 Å². The summed E-state index contributed by atoms with van der Waals surface area (Å²) in [6.45, 7) is 11.0. The van der Waals surface area contributed by atoms with E-state index in [1.165, 1.54) is 62.5 Å². The molecule has 0 saturated carbocycles. The van der Waals surface area contributed by atoms with Crippen LogP contribution in [0.3, 0.4) is 0 Å². The molecule has 2 aromatic carbocycles. The molecule has 2 heteroatoms. The first-order chi connectivity index (χ1) is 15.0. The molecule has 0 saturated heterocycles. The maximum Gasteiger partial charge on any atom is 0.303 e. The number of benzene rings is 2. The Morgan fingerprint density at radius 2 is 1.19 bits per heavy atom. The number of unbranched alkanes of at least 4 members (excludes halogenated alkanes) is 6. The van der Waals surface area contributed by atoms with Gasteiger partial charge in [0.15, 0.2) is 0 Å². The van der Waals surface area contributed by atoms with Gasteiger partial charge in [0.05, 0.1) is 6.42 Å². The van der Waals surface area contributed by atoms with Crippen molar-refractivity contribution in [3.8, 4) is 0 Å². The Hall–Kier alpha value is -2.09. The minimum Gasteiger partial charge on any atom is -0.481 e. The molecule has 2 nitrogen and oxygen atoms in total. The predicted molar refractivity (Wildman–Crippen MR) is 131 cm³/mol. The third kappa shape index (κ3) is 8.89. The summed E-state index contributed by atoms with van der Waals surface area (Å²) < 4.78 is 0. The lowest BCUT2D eigenvalue weighted by Crippen LogP contribution is -2.13. The second-order valence-corrected chi connectivity index (χ2v) is 8.83. The lowest BCUT2D eigenvalue weighted by atomic mass is 9.80. The van der Waals surface area contributed by atoms with E-state index in [1.54, 1.807) is 0 Å². The number of carboxylic acid groups (broad SMARTS) is 1. The van der Waals surface area contributed by atoms with Gasteiger partial charge in [0.25, 0.3) is 0 Å². The van der Waals surface area contributed by atoms with Crippen LogP contribution in [-0.2, 0) is 17.6 Å². The maximum atomic E-state index is 11.6. The van der Waals surface area contributed by atoms with Crippen LogP contribution in [0.2, 0.25) is 0 Å². The van der Waals surface area contributed by atoms with Crippen LogP contribution in [0.5, 0.6) is 0 Å². The van der Waals surface area contributed by atoms with E-state index in [0.717, 1.165) is 24.0 Å². The lowest BCUT2D eigenvalue weighted by Gasteiger charge is -2.24. The normalized spacial score (nSPS) is 13.1. The van der Waals surface area contributed by atoms with Gasteiger partial charge < -0.3 is 5.11 Å². The van der Waals surface area contributed by atoms with Crippen LogP contribution in [-0.4, -0.2) is 11.1 Å². The largest absolute Gasteiger partial charge is 0.481 e. The summed E-state index contributed by atoms with van der Waals surface area (Å²) in [5.74, 6) is -1.38. The van der Waals surface area contributed by atoms with Crippen LogP contribution in [0.1, 0.15) is 106 Å². The molecule has 2 atom stereocenters. The monoisotopic (exact) mass is 420 g/mol. The fourth-order valence-corrected chi connectivity index (χ4v) is 4.22. The third-order valence-electron chi connectivity index (χ3n) is 6.24. The van der Waals surface area contributed by atoms with Crippen LogP contribution in [0.4, 0.5) is 0 Å². The number of hydrogen-bond acceptors (Lipinski definition) is 1. The zero-order chi connectivity index (χ0) is 22.5. The van der Waals surface area contributed by atoms with E-state index >= 15 is 0 Å². The number of carboxylic acids is 1. The Morgan fingerprint density at radius 3 is 1.61 bits per heavy atom. The standard InChI is InChI=1S/C29H40O2/c1-4-6-8-10-12-24-14-18-26(19-15-24)23(3)28(22-29(30)31)27-20-16-25(17-21-27)13-11-9-7-5-2/h3,14-21,23,28H,4-13,22H2,1-2H3,(H,30,31). The smallest absolute Gasteiger partial charge is 0.303 e. The molecule has 0 spiro atoms. The van der Waals surface area contributed by atoms with Crippen molar-refractivity contribution in [3.05, 3.63) is 77.7 Å². The summed E-state index contributed by atoms with van der Waals surface area (Å²) in [5, 5.41) is 9.49. The summed E-state index contributed by atoms with van der Waals surface area (Å²) in [5.41, 5.74) is 4.66. The molecule has 0 fully saturated rings. The van der Waals surface area contributed by atoms with Crippen LogP contribution in [0.15, 0.2) is 48.5 Å². The Kier molecular flexibility index (Phi) is 11.4. The van der Waals surface area contributed by atoms with Crippen molar-refractivity contribution < 1.29 is 9.90 Å². The van der Waals surface area contributed by atoms with Gasteiger partial charge in [-0.1, -0.05) is 101 Å². The molecular weight excluding hydrogens is 380 g/mol. The van der Waals surface area contributed by atoms with Gasteiger partial charge in [-0.2, -0.15) is 0 Å². The molecule has 0 bridgehead atoms. The molecule has 0 aliphatic rings. The Labute approximate surface area is 190 Å². The quantitative estimate of drug-likeness (QED) is 0.296. The first-order valence-corrected chi connectivity index (χ1v) is 12.2. The van der Waals surface area contributed by atoms with Gasteiger partial charge in [-0.15, -0.1) is 0 Å². The highest BCUT2D eigenvalue weighted by atomic mass is 16.4. The Balaban J connectivity index is 2.04. The zero-order valence-corrected chi connectivity index (χ0v) is 19.5. The first-order valence-electron chi connectivity index (χ1n) is 12.2. The van der Waals surface area contributed by atoms with E-state index < -0.39 is 5.97 Å². The molecule has 168 valence electrons. The van der Waals surface area contributed by atoms with Gasteiger partial charge in [-0.3, -0.25) is 4.79 Å². The summed E-state index contributed by atoms with van der Waals surface area (Å²) in [7, 11) is 0. The Morgan fingerprint density at radius 1 is 0.742 bits per heavy atom. The van der Waals surface area contributed by atoms with Crippen molar-refractivity contribution in [2.24, 2.45) is 0 Å². The van der Waals surface area contributed by atoms with Crippen molar-refractivity contribution in [2.75, 3.05) is 0 Å². The molecule has 0 aliphatic carbocycles. The van der Waals surface area contributed by atoms with E-state index in [-0.39, 0.29) is 18.3 Å². The molecule has 31 heavy (non-hydrogen) atoms. The fraction of sp³-hybridized carbons (Fsp3) is 0.517. The molecule has 0 aromatic heterocycles. The average Bonchev–Trinajstić information content (AvgIpc) is 2.78. The first kappa shape index (κ1) is 25.2. The van der Waals surface area contributed by atoms with Gasteiger partial charge >= 0.3 is 5.97 Å². The van der Waals surface area contributed by atoms with Crippen molar-refractivity contribution in [3.63, 3.8) is 0 Å². The fourth-order valence-electron chi connectivity index (χ4n) is 4.22. The van der Waals surface area contributed by atoms with Gasteiger partial charge in [0, 0.05) is 5.92 Å². The Bertz CT molecular complexity index is 745. The topological polar surface area (TPSA) is 37.3 Å². The average molecular weight is 421 g/mol. The summed E-state index contributed by atoms with van der Waals surface area (Å²) in [6, 6.07) is 16.9. The van der Waals surface area contributed by atoms with E-state index in [1.807, 2.05) is 0 Å². The second kappa shape index (κ2) is 14.1. The SMILES string of the molecule is [CH]C(c1ccc(CCCCCC)cc1)C(CC(=O)O)c1ccc(CCCCCC)cc1. The molecule has 0 aliphatic heterocycles. The van der Waals surface area contributed by atoms with Crippen molar-refractivity contribution in [1.29, 1.82) is 0 Å². The molecule has 2 radical (unpaired) electrons. The summed E-state index contributed by atoms with van der Waals surface area (Å²) >= 11 is 0. The summed E-state index contributed by atoms with van der Waals surface area (Å²) in [6.07, 6.45) is 12.2. The maximum absolute atomic E-state index is 11.6. The van der Waals surface area contributed by atoms with Crippen molar-refractivity contribution in [2.45, 2.75) is 96.3 Å². The minimum absolute atomic E-state index is 0.0375. The lowest BCUT2D eigenvalue weighted by molar-refractivity contribution is -0.137. The molecule has 2 rings (SSSR count). The minimum atomic E-state index is -0.809. The third-order valence-corrected chi connectivity index (χ3v) is 6.24. The van der Waals surface area contributed by atoms with Gasteiger partial charge in [-0.25, -0.2) is 0 Å². The predicted octanol–water partition coefficient (Wildman–Crippen LogP) is 7.99. The highest BCUT2D eigenvalue weighted by Crippen LogP contribution is 2.35. The summed E-state index contributed by atoms with van der Waals surface area (Å²) in [4.78, 5) is 11.6. The molecule has 2 aromatic rings. The van der Waals surface area contributed by atoms with E-state index in [9.17, 15) is 9.90 Å². The molecule has 0 heterocycles. The second-order valence-electron chi connectivity index (χ2n) is 8.83. The highest BCUT2D eigenvalue weighted by molar-refractivity contribution is 5.68. The van der Waals surface area contributed by atoms with E-state index in [2.05, 4.69) is 62.4 Å². The zero-order valence-electron chi connectivity index (χ0n) is 19.5.